The minimum atomic E-state index is -3.39. The largest absolute Gasteiger partial charge is 0.340 e. The van der Waals surface area contributed by atoms with Crippen molar-refractivity contribution in [2.24, 2.45) is 0 Å². The van der Waals surface area contributed by atoms with E-state index in [0.29, 0.717) is 6.54 Å². The van der Waals surface area contributed by atoms with Crippen molar-refractivity contribution < 1.29 is 8.42 Å². The number of hydrogen-bond donors (Lipinski definition) is 1. The zero-order valence-electron chi connectivity index (χ0n) is 15.2. The van der Waals surface area contributed by atoms with Crippen LogP contribution in [0.4, 0.5) is 11.4 Å². The lowest BCUT2D eigenvalue weighted by Crippen LogP contribution is -2.35. The van der Waals surface area contributed by atoms with E-state index in [9.17, 15) is 8.42 Å². The number of halogens is 2. The summed E-state index contributed by atoms with van der Waals surface area (Å²) in [5.41, 5.74) is 2.86. The van der Waals surface area contributed by atoms with Gasteiger partial charge >= 0.3 is 0 Å². The molecule has 28 heavy (non-hydrogen) atoms. The van der Waals surface area contributed by atoms with Gasteiger partial charge in [-0.1, -0.05) is 62.2 Å². The fourth-order valence-corrected chi connectivity index (χ4v) is 4.20. The predicted octanol–water partition coefficient (Wildman–Crippen LogP) is 5.64. The van der Waals surface area contributed by atoms with Gasteiger partial charge in [0.25, 0.3) is 0 Å². The van der Waals surface area contributed by atoms with E-state index >= 15 is 0 Å². The molecule has 4 nitrogen and oxygen atoms in total. The number of anilines is 2. The van der Waals surface area contributed by atoms with Gasteiger partial charge in [-0.3, -0.25) is 0 Å². The molecule has 3 aromatic rings. The smallest absolute Gasteiger partial charge is 0.209 e. The highest BCUT2D eigenvalue weighted by molar-refractivity contribution is 9.10. The monoisotopic (exact) mass is 522 g/mol. The highest BCUT2D eigenvalue weighted by Crippen LogP contribution is 2.30. The summed E-state index contributed by atoms with van der Waals surface area (Å²) in [6.45, 7) is 0.445. The second-order valence-corrected chi connectivity index (χ2v) is 10.0. The van der Waals surface area contributed by atoms with E-state index in [2.05, 4.69) is 41.5 Å². The van der Waals surface area contributed by atoms with E-state index in [0.717, 1.165) is 25.9 Å². The Bertz CT molecular complexity index is 963. The molecule has 0 radical (unpaired) electrons. The van der Waals surface area contributed by atoms with Gasteiger partial charge in [-0.05, 0) is 54.1 Å². The summed E-state index contributed by atoms with van der Waals surface area (Å²) >= 11 is 6.94. The van der Waals surface area contributed by atoms with Crippen molar-refractivity contribution in [3.8, 4) is 0 Å². The first-order valence-corrected chi connectivity index (χ1v) is 12.1. The summed E-state index contributed by atoms with van der Waals surface area (Å²) in [6, 6.07) is 25.1. The molecule has 3 aromatic carbocycles. The normalized spacial score (nSPS) is 12.5. The van der Waals surface area contributed by atoms with Crippen molar-refractivity contribution in [2.75, 3.05) is 17.7 Å². The molecule has 1 N–H and O–H groups in total. The van der Waals surface area contributed by atoms with Crippen molar-refractivity contribution in [3.05, 3.63) is 93.4 Å². The van der Waals surface area contributed by atoms with Crippen LogP contribution in [0.1, 0.15) is 11.6 Å². The maximum atomic E-state index is 12.0. The van der Waals surface area contributed by atoms with E-state index in [1.807, 2.05) is 78.9 Å². The van der Waals surface area contributed by atoms with Crippen LogP contribution in [0, 0.1) is 0 Å². The molecule has 0 aliphatic carbocycles. The predicted molar refractivity (Wildman–Crippen MR) is 122 cm³/mol. The van der Waals surface area contributed by atoms with E-state index in [4.69, 9.17) is 0 Å². The molecular formula is C21H20Br2N2O2S. The Morgan fingerprint density at radius 1 is 0.821 bits per heavy atom. The SMILES string of the molecule is CS(=O)(=O)N[C@@H](CN(c1ccc(Br)cc1)c1ccc(Br)cc1)c1ccccc1. The third kappa shape index (κ3) is 5.91. The number of sulfonamides is 1. The van der Waals surface area contributed by atoms with E-state index in [1.54, 1.807) is 0 Å². The average Bonchev–Trinajstić information content (AvgIpc) is 2.67. The molecular weight excluding hydrogens is 504 g/mol. The van der Waals surface area contributed by atoms with Crippen LogP contribution in [0.3, 0.4) is 0 Å². The number of nitrogens with zero attached hydrogens (tertiary/aromatic N) is 1. The summed E-state index contributed by atoms with van der Waals surface area (Å²) in [4.78, 5) is 2.11. The van der Waals surface area contributed by atoms with Crippen LogP contribution < -0.4 is 9.62 Å². The van der Waals surface area contributed by atoms with Gasteiger partial charge in [0, 0.05) is 26.9 Å². The molecule has 0 spiro atoms. The maximum absolute atomic E-state index is 12.0. The summed E-state index contributed by atoms with van der Waals surface area (Å²) in [5.74, 6) is 0. The van der Waals surface area contributed by atoms with Crippen LogP contribution in [-0.2, 0) is 10.0 Å². The second-order valence-electron chi connectivity index (χ2n) is 6.42. The quantitative estimate of drug-likeness (QED) is 0.436. The van der Waals surface area contributed by atoms with Gasteiger partial charge < -0.3 is 4.90 Å². The highest BCUT2D eigenvalue weighted by Gasteiger charge is 2.21. The fourth-order valence-electron chi connectivity index (χ4n) is 2.94. The minimum absolute atomic E-state index is 0.400. The lowest BCUT2D eigenvalue weighted by atomic mass is 10.1. The van der Waals surface area contributed by atoms with Crippen molar-refractivity contribution in [1.29, 1.82) is 0 Å². The maximum Gasteiger partial charge on any atom is 0.209 e. The van der Waals surface area contributed by atoms with Gasteiger partial charge in [0.1, 0.15) is 0 Å². The van der Waals surface area contributed by atoms with Gasteiger partial charge in [-0.25, -0.2) is 13.1 Å². The fraction of sp³-hybridized carbons (Fsp3) is 0.143. The summed E-state index contributed by atoms with van der Waals surface area (Å²) in [5, 5.41) is 0. The Morgan fingerprint density at radius 3 is 1.71 bits per heavy atom. The third-order valence-corrected chi connectivity index (χ3v) is 5.97. The summed E-state index contributed by atoms with van der Waals surface area (Å²) in [7, 11) is -3.39. The molecule has 0 heterocycles. The lowest BCUT2D eigenvalue weighted by Gasteiger charge is -2.30. The number of hydrogen-bond acceptors (Lipinski definition) is 3. The van der Waals surface area contributed by atoms with Gasteiger partial charge in [0.2, 0.25) is 10.0 Å². The summed E-state index contributed by atoms with van der Waals surface area (Å²) in [6.07, 6.45) is 1.19. The minimum Gasteiger partial charge on any atom is -0.340 e. The van der Waals surface area contributed by atoms with E-state index in [-0.39, 0.29) is 0 Å². The molecule has 7 heteroatoms. The Labute approximate surface area is 182 Å². The first-order valence-electron chi connectivity index (χ1n) is 8.63. The van der Waals surface area contributed by atoms with Crippen molar-refractivity contribution in [2.45, 2.75) is 6.04 Å². The third-order valence-electron chi connectivity index (χ3n) is 4.20. The number of nitrogens with one attached hydrogen (secondary N) is 1. The molecule has 0 fully saturated rings. The number of rotatable bonds is 7. The van der Waals surface area contributed by atoms with Crippen molar-refractivity contribution >= 4 is 53.3 Å². The average molecular weight is 524 g/mol. The molecule has 0 saturated carbocycles. The Hall–Kier alpha value is -1.67. The van der Waals surface area contributed by atoms with Gasteiger partial charge in [-0.15, -0.1) is 0 Å². The highest BCUT2D eigenvalue weighted by atomic mass is 79.9. The second kappa shape index (κ2) is 9.22. The van der Waals surface area contributed by atoms with Gasteiger partial charge in [0.15, 0.2) is 0 Å². The van der Waals surface area contributed by atoms with E-state index < -0.39 is 16.1 Å². The molecule has 3 rings (SSSR count). The zero-order chi connectivity index (χ0) is 20.1. The first-order chi connectivity index (χ1) is 13.3. The Balaban J connectivity index is 2.02. The standard InChI is InChI=1S/C21H20Br2N2O2S/c1-28(26,27)24-21(16-5-3-2-4-6-16)15-25(19-11-7-17(22)8-12-19)20-13-9-18(23)10-14-20/h2-14,21,24H,15H2,1H3/t21-/m0/s1. The van der Waals surface area contributed by atoms with Gasteiger partial charge in [-0.2, -0.15) is 0 Å². The van der Waals surface area contributed by atoms with Crippen molar-refractivity contribution in [1.82, 2.24) is 4.72 Å². The summed E-state index contributed by atoms with van der Waals surface area (Å²) < 4.78 is 28.8. The van der Waals surface area contributed by atoms with Crippen LogP contribution in [0.15, 0.2) is 87.8 Å². The molecule has 0 aliphatic heterocycles. The van der Waals surface area contributed by atoms with Crippen LogP contribution in [0.2, 0.25) is 0 Å². The Morgan fingerprint density at radius 2 is 1.29 bits per heavy atom. The molecule has 1 atom stereocenters. The molecule has 0 amide bonds. The van der Waals surface area contributed by atoms with Gasteiger partial charge in [0.05, 0.1) is 12.3 Å². The number of benzene rings is 3. The first kappa shape index (κ1) is 21.0. The van der Waals surface area contributed by atoms with E-state index in [1.165, 1.54) is 6.26 Å². The van der Waals surface area contributed by atoms with Crippen LogP contribution in [-0.4, -0.2) is 21.2 Å². The molecule has 0 aliphatic rings. The van der Waals surface area contributed by atoms with Crippen LogP contribution >= 0.6 is 31.9 Å². The van der Waals surface area contributed by atoms with Crippen LogP contribution in [0.25, 0.3) is 0 Å². The molecule has 0 bridgehead atoms. The zero-order valence-corrected chi connectivity index (χ0v) is 19.2. The molecule has 0 unspecified atom stereocenters. The molecule has 146 valence electrons. The van der Waals surface area contributed by atoms with Crippen molar-refractivity contribution in [3.63, 3.8) is 0 Å². The van der Waals surface area contributed by atoms with Crippen LogP contribution in [0.5, 0.6) is 0 Å². The lowest BCUT2D eigenvalue weighted by molar-refractivity contribution is 0.562. The molecule has 0 aromatic heterocycles. The topological polar surface area (TPSA) is 49.4 Å². The molecule has 0 saturated heterocycles. The Kier molecular flexibility index (Phi) is 6.93.